The van der Waals surface area contributed by atoms with Gasteiger partial charge in [0.25, 0.3) is 0 Å². The van der Waals surface area contributed by atoms with E-state index in [2.05, 4.69) is 19.2 Å². The summed E-state index contributed by atoms with van der Waals surface area (Å²) in [6, 6.07) is 0.265. The molecule has 1 saturated carbocycles. The minimum Gasteiger partial charge on any atom is -0.395 e. The van der Waals surface area contributed by atoms with Gasteiger partial charge in [-0.15, -0.1) is 0 Å². The third-order valence-electron chi connectivity index (χ3n) is 5.02. The molecule has 2 aliphatic rings. The Kier molecular flexibility index (Phi) is 5.22. The number of rotatable bonds is 6. The van der Waals surface area contributed by atoms with Crippen molar-refractivity contribution in [3.63, 3.8) is 0 Å². The van der Waals surface area contributed by atoms with E-state index < -0.39 is 0 Å². The van der Waals surface area contributed by atoms with Gasteiger partial charge in [-0.25, -0.2) is 0 Å². The first-order chi connectivity index (χ1) is 9.22. The summed E-state index contributed by atoms with van der Waals surface area (Å²) in [5.74, 6) is 1.45. The second-order valence-electron chi connectivity index (χ2n) is 5.97. The van der Waals surface area contributed by atoms with Crippen molar-refractivity contribution in [1.29, 1.82) is 0 Å². The lowest BCUT2D eigenvalue weighted by atomic mass is 9.92. The van der Waals surface area contributed by atoms with Crippen molar-refractivity contribution >= 4 is 5.91 Å². The summed E-state index contributed by atoms with van der Waals surface area (Å²) < 4.78 is 0. The molecule has 19 heavy (non-hydrogen) atoms. The molecule has 1 aliphatic carbocycles. The zero-order chi connectivity index (χ0) is 13.8. The monoisotopic (exact) mass is 268 g/mol. The maximum atomic E-state index is 12.8. The number of fused-ring (bicyclic) bond motifs is 1. The van der Waals surface area contributed by atoms with E-state index in [9.17, 15) is 9.90 Å². The van der Waals surface area contributed by atoms with Gasteiger partial charge in [0.2, 0.25) is 5.91 Å². The van der Waals surface area contributed by atoms with Gasteiger partial charge in [0.1, 0.15) is 0 Å². The van der Waals surface area contributed by atoms with Gasteiger partial charge < -0.3 is 15.3 Å². The number of nitrogens with zero attached hydrogens (tertiary/aromatic N) is 1. The first kappa shape index (κ1) is 14.8. The Morgan fingerprint density at radius 2 is 2.11 bits per heavy atom. The van der Waals surface area contributed by atoms with Crippen LogP contribution in [-0.2, 0) is 4.79 Å². The van der Waals surface area contributed by atoms with Crippen LogP contribution in [0.25, 0.3) is 0 Å². The van der Waals surface area contributed by atoms with Crippen LogP contribution in [0.1, 0.15) is 46.0 Å². The van der Waals surface area contributed by atoms with Crippen molar-refractivity contribution < 1.29 is 9.90 Å². The largest absolute Gasteiger partial charge is 0.395 e. The summed E-state index contributed by atoms with van der Waals surface area (Å²) in [4.78, 5) is 14.7. The first-order valence-electron chi connectivity index (χ1n) is 7.87. The van der Waals surface area contributed by atoms with Crippen LogP contribution in [0.2, 0.25) is 0 Å². The summed E-state index contributed by atoms with van der Waals surface area (Å²) >= 11 is 0. The topological polar surface area (TPSA) is 52.6 Å². The number of amides is 1. The van der Waals surface area contributed by atoms with Crippen LogP contribution >= 0.6 is 0 Å². The van der Waals surface area contributed by atoms with Gasteiger partial charge in [-0.05, 0) is 44.1 Å². The van der Waals surface area contributed by atoms with E-state index in [-0.39, 0.29) is 24.6 Å². The fraction of sp³-hybridized carbons (Fsp3) is 0.933. The average Bonchev–Trinajstić information content (AvgIpc) is 3.00. The van der Waals surface area contributed by atoms with E-state index in [0.717, 1.165) is 19.4 Å². The minimum absolute atomic E-state index is 0.000324. The van der Waals surface area contributed by atoms with Crippen LogP contribution < -0.4 is 5.32 Å². The van der Waals surface area contributed by atoms with E-state index in [1.54, 1.807) is 0 Å². The molecule has 0 radical (unpaired) electrons. The Bertz CT molecular complexity index is 305. The van der Waals surface area contributed by atoms with Crippen LogP contribution in [0.5, 0.6) is 0 Å². The SMILES string of the molecule is CCC(CC)N(CCO)C(=O)C1NCC2CCCC21. The minimum atomic E-state index is -0.000324. The van der Waals surface area contributed by atoms with E-state index >= 15 is 0 Å². The number of aliphatic hydroxyl groups is 1. The van der Waals surface area contributed by atoms with Crippen molar-refractivity contribution in [3.05, 3.63) is 0 Å². The second-order valence-corrected chi connectivity index (χ2v) is 5.97. The lowest BCUT2D eigenvalue weighted by Crippen LogP contribution is -2.51. The van der Waals surface area contributed by atoms with Crippen LogP contribution in [0, 0.1) is 11.8 Å². The molecule has 2 N–H and O–H groups in total. The highest BCUT2D eigenvalue weighted by Gasteiger charge is 2.44. The third-order valence-corrected chi connectivity index (χ3v) is 5.02. The molecule has 2 fully saturated rings. The Hall–Kier alpha value is -0.610. The predicted molar refractivity (Wildman–Crippen MR) is 75.8 cm³/mol. The van der Waals surface area contributed by atoms with Crippen LogP contribution in [0.3, 0.4) is 0 Å². The number of hydrogen-bond donors (Lipinski definition) is 2. The number of carbonyl (C=O) groups is 1. The summed E-state index contributed by atoms with van der Waals surface area (Å²) in [5, 5.41) is 12.7. The molecule has 0 bridgehead atoms. The Morgan fingerprint density at radius 1 is 1.37 bits per heavy atom. The number of aliphatic hydroxyl groups excluding tert-OH is 1. The van der Waals surface area contributed by atoms with Crippen LogP contribution in [-0.4, -0.2) is 47.7 Å². The maximum Gasteiger partial charge on any atom is 0.240 e. The molecule has 110 valence electrons. The molecule has 1 aliphatic heterocycles. The van der Waals surface area contributed by atoms with Crippen molar-refractivity contribution in [2.75, 3.05) is 19.7 Å². The summed E-state index contributed by atoms with van der Waals surface area (Å²) in [7, 11) is 0. The zero-order valence-corrected chi connectivity index (χ0v) is 12.3. The van der Waals surface area contributed by atoms with E-state index in [4.69, 9.17) is 0 Å². The molecule has 4 nitrogen and oxygen atoms in total. The molecule has 1 saturated heterocycles. The fourth-order valence-electron chi connectivity index (χ4n) is 3.95. The van der Waals surface area contributed by atoms with Gasteiger partial charge in [-0.2, -0.15) is 0 Å². The molecular weight excluding hydrogens is 240 g/mol. The Labute approximate surface area is 116 Å². The quantitative estimate of drug-likeness (QED) is 0.765. The standard InChI is InChI=1S/C15H28N2O2/c1-3-12(4-2)17(8-9-18)15(19)14-13-7-5-6-11(13)10-16-14/h11-14,16,18H,3-10H2,1-2H3. The maximum absolute atomic E-state index is 12.8. The van der Waals surface area contributed by atoms with E-state index in [1.165, 1.54) is 19.3 Å². The zero-order valence-electron chi connectivity index (χ0n) is 12.3. The normalized spacial score (nSPS) is 29.8. The van der Waals surface area contributed by atoms with Crippen LogP contribution in [0.15, 0.2) is 0 Å². The van der Waals surface area contributed by atoms with Gasteiger partial charge in [-0.1, -0.05) is 20.3 Å². The fourth-order valence-corrected chi connectivity index (χ4v) is 3.95. The number of nitrogens with one attached hydrogen (secondary N) is 1. The molecule has 0 spiro atoms. The van der Waals surface area contributed by atoms with Crippen molar-refractivity contribution in [2.45, 2.75) is 58.0 Å². The lowest BCUT2D eigenvalue weighted by molar-refractivity contribution is -0.137. The number of carbonyl (C=O) groups excluding carboxylic acids is 1. The summed E-state index contributed by atoms with van der Waals surface area (Å²) in [6.45, 7) is 5.76. The molecule has 3 atom stereocenters. The molecule has 0 aromatic carbocycles. The van der Waals surface area contributed by atoms with Crippen molar-refractivity contribution in [2.24, 2.45) is 11.8 Å². The van der Waals surface area contributed by atoms with Gasteiger partial charge in [-0.3, -0.25) is 4.79 Å². The lowest BCUT2D eigenvalue weighted by Gasteiger charge is -2.33. The number of hydrogen-bond acceptors (Lipinski definition) is 3. The Balaban J connectivity index is 2.06. The van der Waals surface area contributed by atoms with E-state index in [0.29, 0.717) is 18.4 Å². The highest BCUT2D eigenvalue weighted by atomic mass is 16.3. The molecule has 2 rings (SSSR count). The van der Waals surface area contributed by atoms with E-state index in [1.807, 2.05) is 4.90 Å². The molecular formula is C15H28N2O2. The van der Waals surface area contributed by atoms with Gasteiger partial charge in [0.05, 0.1) is 12.6 Å². The Morgan fingerprint density at radius 3 is 2.74 bits per heavy atom. The summed E-state index contributed by atoms with van der Waals surface area (Å²) in [5.41, 5.74) is 0. The van der Waals surface area contributed by atoms with Gasteiger partial charge in [0, 0.05) is 12.6 Å². The summed E-state index contributed by atoms with van der Waals surface area (Å²) in [6.07, 6.45) is 5.65. The van der Waals surface area contributed by atoms with Crippen molar-refractivity contribution in [3.8, 4) is 0 Å². The predicted octanol–water partition coefficient (Wildman–Crippen LogP) is 1.38. The van der Waals surface area contributed by atoms with Crippen LogP contribution in [0.4, 0.5) is 0 Å². The third kappa shape index (κ3) is 2.95. The van der Waals surface area contributed by atoms with Gasteiger partial charge >= 0.3 is 0 Å². The molecule has 3 unspecified atom stereocenters. The molecule has 4 heteroatoms. The van der Waals surface area contributed by atoms with Crippen molar-refractivity contribution in [1.82, 2.24) is 10.2 Å². The molecule has 1 heterocycles. The highest BCUT2D eigenvalue weighted by molar-refractivity contribution is 5.83. The molecule has 0 aromatic heterocycles. The van der Waals surface area contributed by atoms with Gasteiger partial charge in [0.15, 0.2) is 0 Å². The smallest absolute Gasteiger partial charge is 0.240 e. The molecule has 0 aromatic rings. The molecule has 1 amide bonds. The first-order valence-corrected chi connectivity index (χ1v) is 7.87. The second kappa shape index (κ2) is 6.71. The highest BCUT2D eigenvalue weighted by Crippen LogP contribution is 2.38. The average molecular weight is 268 g/mol.